The Hall–Kier alpha value is -0.830. The normalized spacial score (nSPS) is 12.3. The van der Waals surface area contributed by atoms with Crippen molar-refractivity contribution in [3.05, 3.63) is 28.6 Å². The Morgan fingerprint density at radius 3 is 2.64 bits per heavy atom. The summed E-state index contributed by atoms with van der Waals surface area (Å²) in [6, 6.07) is 5.86. The molecule has 0 amide bonds. The molecule has 2 aromatic rings. The number of oxazole rings is 1. The van der Waals surface area contributed by atoms with E-state index in [1.165, 1.54) is 0 Å². The minimum Gasteiger partial charge on any atom is -0.440 e. The fourth-order valence-electron chi connectivity index (χ4n) is 1.22. The monoisotopic (exact) mass is 253 g/mol. The van der Waals surface area contributed by atoms with E-state index in [4.69, 9.17) is 4.42 Å². The van der Waals surface area contributed by atoms with E-state index >= 15 is 0 Å². The van der Waals surface area contributed by atoms with Crippen molar-refractivity contribution in [1.82, 2.24) is 4.98 Å². The van der Waals surface area contributed by atoms with Gasteiger partial charge in [0.05, 0.1) is 0 Å². The summed E-state index contributed by atoms with van der Waals surface area (Å²) in [5.41, 5.74) is 1.72. The molecular formula is C11H12BrNO. The number of fused-ring (bicyclic) bond motifs is 1. The lowest BCUT2D eigenvalue weighted by atomic mass is 9.97. The van der Waals surface area contributed by atoms with Crippen molar-refractivity contribution in [3.8, 4) is 0 Å². The van der Waals surface area contributed by atoms with Crippen LogP contribution in [-0.4, -0.2) is 4.98 Å². The molecule has 0 aliphatic rings. The van der Waals surface area contributed by atoms with Gasteiger partial charge in [-0.15, -0.1) is 0 Å². The first-order valence-electron chi connectivity index (χ1n) is 4.53. The number of rotatable bonds is 0. The molecule has 0 aliphatic carbocycles. The molecule has 74 valence electrons. The molecule has 0 atom stereocenters. The van der Waals surface area contributed by atoms with Gasteiger partial charge >= 0.3 is 0 Å². The zero-order valence-corrected chi connectivity index (χ0v) is 10.1. The molecule has 3 heteroatoms. The predicted octanol–water partition coefficient (Wildman–Crippen LogP) is 3.89. The van der Waals surface area contributed by atoms with Crippen molar-refractivity contribution in [2.75, 3.05) is 0 Å². The maximum atomic E-state index is 5.66. The molecule has 0 radical (unpaired) electrons. The van der Waals surface area contributed by atoms with E-state index in [1.807, 2.05) is 18.2 Å². The van der Waals surface area contributed by atoms with Crippen LogP contribution in [0.3, 0.4) is 0 Å². The number of halogens is 1. The van der Waals surface area contributed by atoms with Crippen LogP contribution in [0.4, 0.5) is 0 Å². The fourth-order valence-corrected chi connectivity index (χ4v) is 1.57. The smallest absolute Gasteiger partial charge is 0.200 e. The fraction of sp³-hybridized carbons (Fsp3) is 0.364. The van der Waals surface area contributed by atoms with E-state index in [0.717, 1.165) is 21.5 Å². The molecular weight excluding hydrogens is 242 g/mol. The minimum absolute atomic E-state index is 0.0362. The lowest BCUT2D eigenvalue weighted by molar-refractivity contribution is 0.411. The standard InChI is InChI=1S/C11H12BrNO/c1-11(2,3)10-13-8-6-7(12)4-5-9(8)14-10/h4-6H,1-3H3. The third kappa shape index (κ3) is 1.69. The number of aromatic nitrogens is 1. The Labute approximate surface area is 91.5 Å². The maximum absolute atomic E-state index is 5.66. The van der Waals surface area contributed by atoms with E-state index in [0.29, 0.717) is 0 Å². The van der Waals surface area contributed by atoms with E-state index in [9.17, 15) is 0 Å². The first-order valence-corrected chi connectivity index (χ1v) is 5.33. The summed E-state index contributed by atoms with van der Waals surface area (Å²) in [6.07, 6.45) is 0. The van der Waals surface area contributed by atoms with Crippen molar-refractivity contribution < 1.29 is 4.42 Å². The number of hydrogen-bond donors (Lipinski definition) is 0. The average Bonchev–Trinajstić information content (AvgIpc) is 2.45. The first kappa shape index (κ1) is 9.71. The van der Waals surface area contributed by atoms with Crippen molar-refractivity contribution in [1.29, 1.82) is 0 Å². The van der Waals surface area contributed by atoms with Gasteiger partial charge in [-0.2, -0.15) is 0 Å². The van der Waals surface area contributed by atoms with Gasteiger partial charge in [0, 0.05) is 9.89 Å². The van der Waals surface area contributed by atoms with Crippen LogP contribution in [0.1, 0.15) is 26.7 Å². The van der Waals surface area contributed by atoms with Crippen LogP contribution in [0.25, 0.3) is 11.1 Å². The second-order valence-corrected chi connectivity index (χ2v) is 5.30. The average molecular weight is 254 g/mol. The lowest BCUT2D eigenvalue weighted by Crippen LogP contribution is -2.10. The van der Waals surface area contributed by atoms with E-state index in [1.54, 1.807) is 0 Å². The van der Waals surface area contributed by atoms with Crippen LogP contribution in [-0.2, 0) is 5.41 Å². The highest BCUT2D eigenvalue weighted by Gasteiger charge is 2.20. The quantitative estimate of drug-likeness (QED) is 0.712. The van der Waals surface area contributed by atoms with Gasteiger partial charge in [-0.3, -0.25) is 0 Å². The number of nitrogens with zero attached hydrogens (tertiary/aromatic N) is 1. The number of benzene rings is 1. The second kappa shape index (κ2) is 3.09. The first-order chi connectivity index (χ1) is 6.47. The van der Waals surface area contributed by atoms with Crippen molar-refractivity contribution in [2.45, 2.75) is 26.2 Å². The molecule has 0 bridgehead atoms. The molecule has 0 aliphatic heterocycles. The van der Waals surface area contributed by atoms with Crippen molar-refractivity contribution in [2.24, 2.45) is 0 Å². The molecule has 2 rings (SSSR count). The summed E-state index contributed by atoms with van der Waals surface area (Å²) in [4.78, 5) is 4.45. The van der Waals surface area contributed by atoms with Crippen LogP contribution in [0, 0.1) is 0 Å². The Balaban J connectivity index is 2.63. The van der Waals surface area contributed by atoms with Gasteiger partial charge in [-0.1, -0.05) is 36.7 Å². The molecule has 0 unspecified atom stereocenters. The highest BCUT2D eigenvalue weighted by molar-refractivity contribution is 9.10. The highest BCUT2D eigenvalue weighted by Crippen LogP contribution is 2.27. The van der Waals surface area contributed by atoms with Crippen LogP contribution < -0.4 is 0 Å². The van der Waals surface area contributed by atoms with Gasteiger partial charge in [-0.25, -0.2) is 4.98 Å². The van der Waals surface area contributed by atoms with Crippen LogP contribution in [0.2, 0.25) is 0 Å². The Bertz CT molecular complexity index is 468. The molecule has 1 aromatic heterocycles. The van der Waals surface area contributed by atoms with Crippen molar-refractivity contribution in [3.63, 3.8) is 0 Å². The highest BCUT2D eigenvalue weighted by atomic mass is 79.9. The van der Waals surface area contributed by atoms with E-state index < -0.39 is 0 Å². The molecule has 0 saturated carbocycles. The molecule has 1 aromatic carbocycles. The van der Waals surface area contributed by atoms with Crippen LogP contribution in [0.5, 0.6) is 0 Å². The minimum atomic E-state index is -0.0362. The number of hydrogen-bond acceptors (Lipinski definition) is 2. The Morgan fingerprint density at radius 1 is 1.29 bits per heavy atom. The summed E-state index contributed by atoms with van der Waals surface area (Å²) in [5, 5.41) is 0. The predicted molar refractivity (Wildman–Crippen MR) is 60.4 cm³/mol. The molecule has 14 heavy (non-hydrogen) atoms. The summed E-state index contributed by atoms with van der Waals surface area (Å²) < 4.78 is 6.68. The summed E-state index contributed by atoms with van der Waals surface area (Å²) in [5.74, 6) is 0.783. The van der Waals surface area contributed by atoms with Gasteiger partial charge in [-0.05, 0) is 18.2 Å². The summed E-state index contributed by atoms with van der Waals surface area (Å²) in [6.45, 7) is 6.27. The molecule has 0 spiro atoms. The molecule has 0 fully saturated rings. The van der Waals surface area contributed by atoms with Gasteiger partial charge in [0.25, 0.3) is 0 Å². The third-order valence-electron chi connectivity index (χ3n) is 1.99. The zero-order chi connectivity index (χ0) is 10.3. The lowest BCUT2D eigenvalue weighted by Gasteiger charge is -2.11. The molecule has 0 N–H and O–H groups in total. The van der Waals surface area contributed by atoms with Gasteiger partial charge < -0.3 is 4.42 Å². The molecule has 0 saturated heterocycles. The van der Waals surface area contributed by atoms with Crippen LogP contribution in [0.15, 0.2) is 27.1 Å². The SMILES string of the molecule is CC(C)(C)c1nc2cc(Br)ccc2o1. The van der Waals surface area contributed by atoms with Crippen molar-refractivity contribution >= 4 is 27.0 Å². The Morgan fingerprint density at radius 2 is 2.00 bits per heavy atom. The topological polar surface area (TPSA) is 26.0 Å². The molecule has 2 nitrogen and oxygen atoms in total. The van der Waals surface area contributed by atoms with Gasteiger partial charge in [0.2, 0.25) is 5.89 Å². The maximum Gasteiger partial charge on any atom is 0.200 e. The summed E-state index contributed by atoms with van der Waals surface area (Å²) in [7, 11) is 0. The van der Waals surface area contributed by atoms with Crippen LogP contribution >= 0.6 is 15.9 Å². The second-order valence-electron chi connectivity index (χ2n) is 4.38. The van der Waals surface area contributed by atoms with Gasteiger partial charge in [0.15, 0.2) is 5.58 Å². The Kier molecular flexibility index (Phi) is 2.14. The molecule has 1 heterocycles. The zero-order valence-electron chi connectivity index (χ0n) is 8.47. The van der Waals surface area contributed by atoms with E-state index in [-0.39, 0.29) is 5.41 Å². The van der Waals surface area contributed by atoms with E-state index in [2.05, 4.69) is 41.7 Å². The third-order valence-corrected chi connectivity index (χ3v) is 2.48. The largest absolute Gasteiger partial charge is 0.440 e. The summed E-state index contributed by atoms with van der Waals surface area (Å²) >= 11 is 3.41. The van der Waals surface area contributed by atoms with Gasteiger partial charge in [0.1, 0.15) is 5.52 Å².